The maximum absolute atomic E-state index is 12.3. The van der Waals surface area contributed by atoms with E-state index in [0.717, 1.165) is 0 Å². The minimum Gasteiger partial charge on any atom is -0.372 e. The highest BCUT2D eigenvalue weighted by atomic mass is 32.2. The Labute approximate surface area is 121 Å². The molecule has 3 nitrogen and oxygen atoms in total. The molecule has 1 amide bonds. The van der Waals surface area contributed by atoms with Crippen molar-refractivity contribution in [1.29, 1.82) is 0 Å². The lowest BCUT2D eigenvalue weighted by Gasteiger charge is -2.11. The van der Waals surface area contributed by atoms with Crippen molar-refractivity contribution in [1.82, 2.24) is 0 Å². The smallest absolute Gasteiger partial charge is 0.372 e. The number of carbonyl (C=O) groups excluding carboxylic acids is 1. The number of para-hydroxylation sites is 1. The lowest BCUT2D eigenvalue weighted by molar-refractivity contribution is -0.174. The minimum absolute atomic E-state index is 0.178. The summed E-state index contributed by atoms with van der Waals surface area (Å²) >= 11 is 0.271. The molecular weight excluding hydrogens is 317 g/mol. The number of carbonyl (C=O) groups is 1. The summed E-state index contributed by atoms with van der Waals surface area (Å²) in [5.74, 6) is -3.25. The first-order valence-corrected chi connectivity index (χ1v) is 6.64. The maximum atomic E-state index is 12.3. The van der Waals surface area contributed by atoms with Gasteiger partial charge in [0.25, 0.3) is 5.76 Å². The highest BCUT2D eigenvalue weighted by Gasteiger charge is 2.27. The predicted molar refractivity (Wildman–Crippen MR) is 68.4 cm³/mol. The average molecular weight is 329 g/mol. The molecule has 0 fully saturated rings. The summed E-state index contributed by atoms with van der Waals surface area (Å²) in [6.07, 6.45) is -4.75. The lowest BCUT2D eigenvalue weighted by atomic mass is 10.3. The molecule has 0 saturated carbocycles. The molecule has 1 aromatic rings. The van der Waals surface area contributed by atoms with Crippen LogP contribution in [0.25, 0.3) is 0 Å². The molecule has 0 aromatic heterocycles. The zero-order chi connectivity index (χ0) is 15.9. The zero-order valence-corrected chi connectivity index (χ0v) is 11.4. The number of anilines is 1. The highest BCUT2D eigenvalue weighted by molar-refractivity contribution is 7.99. The first-order valence-electron chi connectivity index (χ1n) is 5.76. The van der Waals surface area contributed by atoms with Gasteiger partial charge >= 0.3 is 6.18 Å². The molecule has 0 aliphatic carbocycles. The van der Waals surface area contributed by atoms with Crippen molar-refractivity contribution < 1.29 is 31.5 Å². The molecule has 0 atom stereocenters. The molecule has 21 heavy (non-hydrogen) atoms. The van der Waals surface area contributed by atoms with Crippen LogP contribution in [-0.4, -0.2) is 31.1 Å². The van der Waals surface area contributed by atoms with Crippen molar-refractivity contribution in [2.75, 3.05) is 18.5 Å². The van der Waals surface area contributed by atoms with Crippen LogP contribution in [0.1, 0.15) is 6.42 Å². The van der Waals surface area contributed by atoms with E-state index in [1.165, 1.54) is 18.2 Å². The van der Waals surface area contributed by atoms with Crippen LogP contribution in [0.5, 0.6) is 0 Å². The van der Waals surface area contributed by atoms with Gasteiger partial charge in [-0.25, -0.2) is 0 Å². The summed E-state index contributed by atoms with van der Waals surface area (Å²) in [6.45, 7) is -1.84. The minimum atomic E-state index is -4.45. The van der Waals surface area contributed by atoms with E-state index in [0.29, 0.717) is 0 Å². The summed E-state index contributed by atoms with van der Waals surface area (Å²) in [5, 5.41) is 2.36. The topological polar surface area (TPSA) is 38.3 Å². The Kier molecular flexibility index (Phi) is 6.90. The normalized spacial score (nSPS) is 11.7. The van der Waals surface area contributed by atoms with E-state index in [4.69, 9.17) is 0 Å². The number of alkyl halides is 5. The third-order valence-electron chi connectivity index (χ3n) is 2.12. The molecule has 0 saturated heterocycles. The van der Waals surface area contributed by atoms with Gasteiger partial charge in [0, 0.05) is 4.90 Å². The Balaban J connectivity index is 2.44. The fraction of sp³-hybridized carbons (Fsp3) is 0.417. The van der Waals surface area contributed by atoms with Crippen molar-refractivity contribution in [3.8, 4) is 0 Å². The molecule has 1 aromatic carbocycles. The molecule has 0 radical (unpaired) electrons. The van der Waals surface area contributed by atoms with Crippen LogP contribution >= 0.6 is 11.8 Å². The van der Waals surface area contributed by atoms with E-state index < -0.39 is 31.1 Å². The second-order valence-electron chi connectivity index (χ2n) is 3.84. The Morgan fingerprint density at radius 3 is 2.57 bits per heavy atom. The Morgan fingerprint density at radius 2 is 1.95 bits per heavy atom. The number of hydrogen-bond acceptors (Lipinski definition) is 3. The number of benzene rings is 1. The number of nitrogens with one attached hydrogen (secondary N) is 1. The van der Waals surface area contributed by atoms with E-state index in [2.05, 4.69) is 10.1 Å². The lowest BCUT2D eigenvalue weighted by Crippen LogP contribution is -2.20. The first-order chi connectivity index (χ1) is 9.78. The molecule has 118 valence electrons. The third kappa shape index (κ3) is 7.86. The fourth-order valence-electron chi connectivity index (χ4n) is 1.33. The summed E-state index contributed by atoms with van der Waals surface area (Å²) in [7, 11) is 0. The van der Waals surface area contributed by atoms with Crippen molar-refractivity contribution in [2.24, 2.45) is 0 Å². The summed E-state index contributed by atoms with van der Waals surface area (Å²) < 4.78 is 64.3. The molecule has 0 spiro atoms. The number of halogens is 5. The molecule has 0 aliphatic heterocycles. The quantitative estimate of drug-likeness (QED) is 0.468. The first kappa shape index (κ1) is 17.7. The standard InChI is InChI=1S/C12H12F5NO2S/c13-11(14)21-9-4-2-1-3-8(9)18-10(19)5-6-20-7-12(15,16)17/h1-4,11H,5-7H2,(H,18,19). The fourth-order valence-corrected chi connectivity index (χ4v) is 1.93. The molecule has 1 N–H and O–H groups in total. The largest absolute Gasteiger partial charge is 0.411 e. The van der Waals surface area contributed by atoms with Gasteiger partial charge in [-0.05, 0) is 12.1 Å². The SMILES string of the molecule is O=C(CCOCC(F)(F)F)Nc1ccccc1SC(F)F. The van der Waals surface area contributed by atoms with Crippen molar-refractivity contribution in [3.63, 3.8) is 0 Å². The van der Waals surface area contributed by atoms with Gasteiger partial charge in [-0.1, -0.05) is 23.9 Å². The van der Waals surface area contributed by atoms with Gasteiger partial charge in [0.05, 0.1) is 18.7 Å². The predicted octanol–water partition coefficient (Wildman–Crippen LogP) is 3.91. The van der Waals surface area contributed by atoms with Crippen LogP contribution in [0, 0.1) is 0 Å². The summed E-state index contributed by atoms with van der Waals surface area (Å²) in [6, 6.07) is 5.92. The van der Waals surface area contributed by atoms with E-state index in [1.54, 1.807) is 6.07 Å². The molecule has 0 aliphatic rings. The van der Waals surface area contributed by atoms with Crippen LogP contribution in [0.15, 0.2) is 29.2 Å². The highest BCUT2D eigenvalue weighted by Crippen LogP contribution is 2.31. The number of thioether (sulfide) groups is 1. The van der Waals surface area contributed by atoms with E-state index >= 15 is 0 Å². The van der Waals surface area contributed by atoms with Gasteiger partial charge in [0.1, 0.15) is 6.61 Å². The number of amides is 1. The molecule has 0 heterocycles. The number of rotatable bonds is 7. The summed E-state index contributed by atoms with van der Waals surface area (Å²) in [5.41, 5.74) is 0.184. The average Bonchev–Trinajstić information content (AvgIpc) is 2.35. The van der Waals surface area contributed by atoms with Crippen LogP contribution < -0.4 is 5.32 Å². The van der Waals surface area contributed by atoms with Crippen LogP contribution in [-0.2, 0) is 9.53 Å². The number of hydrogen-bond donors (Lipinski definition) is 1. The third-order valence-corrected chi connectivity index (χ3v) is 2.90. The summed E-state index contributed by atoms with van der Waals surface area (Å²) in [4.78, 5) is 11.7. The van der Waals surface area contributed by atoms with Gasteiger partial charge in [0.15, 0.2) is 0 Å². The molecule has 9 heteroatoms. The van der Waals surface area contributed by atoms with Gasteiger partial charge in [0.2, 0.25) is 5.91 Å². The van der Waals surface area contributed by atoms with E-state index in [1.807, 2.05) is 0 Å². The van der Waals surface area contributed by atoms with E-state index in [9.17, 15) is 26.7 Å². The van der Waals surface area contributed by atoms with Crippen LogP contribution in [0.2, 0.25) is 0 Å². The molecule has 0 bridgehead atoms. The maximum Gasteiger partial charge on any atom is 0.411 e. The van der Waals surface area contributed by atoms with Crippen LogP contribution in [0.4, 0.5) is 27.6 Å². The van der Waals surface area contributed by atoms with Gasteiger partial charge in [-0.15, -0.1) is 0 Å². The van der Waals surface area contributed by atoms with E-state index in [-0.39, 0.29) is 28.8 Å². The molecular formula is C12H12F5NO2S. The Morgan fingerprint density at radius 1 is 1.29 bits per heavy atom. The van der Waals surface area contributed by atoms with Crippen LogP contribution in [0.3, 0.4) is 0 Å². The van der Waals surface area contributed by atoms with Crippen molar-refractivity contribution in [3.05, 3.63) is 24.3 Å². The Bertz CT molecular complexity index is 467. The zero-order valence-electron chi connectivity index (χ0n) is 10.6. The van der Waals surface area contributed by atoms with Gasteiger partial charge < -0.3 is 10.1 Å². The Hall–Kier alpha value is -1.35. The molecule has 1 rings (SSSR count). The van der Waals surface area contributed by atoms with Crippen molar-refractivity contribution >= 4 is 23.4 Å². The molecule has 0 unspecified atom stereocenters. The van der Waals surface area contributed by atoms with Gasteiger partial charge in [-0.2, -0.15) is 22.0 Å². The second kappa shape index (κ2) is 8.18. The van der Waals surface area contributed by atoms with Crippen molar-refractivity contribution in [2.45, 2.75) is 23.3 Å². The van der Waals surface area contributed by atoms with Gasteiger partial charge in [-0.3, -0.25) is 4.79 Å². The number of ether oxygens (including phenoxy) is 1. The monoisotopic (exact) mass is 329 g/mol. The second-order valence-corrected chi connectivity index (χ2v) is 4.87.